The molecule has 1 aliphatic rings. The minimum absolute atomic E-state index is 0.115. The highest BCUT2D eigenvalue weighted by Crippen LogP contribution is 2.23. The number of nitrogens with zero attached hydrogens (tertiary/aromatic N) is 4. The molecule has 174 valence electrons. The van der Waals surface area contributed by atoms with Gasteiger partial charge in [0.25, 0.3) is 5.91 Å². The van der Waals surface area contributed by atoms with Crippen LogP contribution >= 0.6 is 11.8 Å². The predicted octanol–water partition coefficient (Wildman–Crippen LogP) is 3.23. The normalized spacial score (nSPS) is 13.9. The number of aryl methyl sites for hydroxylation is 2. The zero-order chi connectivity index (χ0) is 23.2. The number of carbonyl (C=O) groups is 2. The molecule has 0 radical (unpaired) electrons. The number of aromatic nitrogens is 2. The Morgan fingerprint density at radius 1 is 1.06 bits per heavy atom. The molecule has 9 heteroatoms. The summed E-state index contributed by atoms with van der Waals surface area (Å²) < 4.78 is 12.9. The second-order valence-corrected chi connectivity index (χ2v) is 8.84. The number of thioether (sulfide) groups is 1. The Bertz CT molecular complexity index is 1080. The molecule has 33 heavy (non-hydrogen) atoms. The van der Waals surface area contributed by atoms with Crippen molar-refractivity contribution in [2.75, 3.05) is 33.3 Å². The van der Waals surface area contributed by atoms with Crippen LogP contribution in [0.3, 0.4) is 0 Å². The topological polar surface area (TPSA) is 80.8 Å². The number of carbonyl (C=O) groups excluding carboxylic acids is 2. The van der Waals surface area contributed by atoms with Gasteiger partial charge in [-0.2, -0.15) is 0 Å². The molecule has 2 aromatic heterocycles. The molecule has 0 saturated carbocycles. The van der Waals surface area contributed by atoms with Gasteiger partial charge < -0.3 is 23.5 Å². The highest BCUT2D eigenvalue weighted by atomic mass is 32.2. The van der Waals surface area contributed by atoms with Gasteiger partial charge in [0.05, 0.1) is 12.9 Å². The number of ether oxygens (including phenoxy) is 1. The zero-order valence-corrected chi connectivity index (χ0v) is 19.7. The second-order valence-electron chi connectivity index (χ2n) is 7.90. The van der Waals surface area contributed by atoms with Crippen LogP contribution in [0.25, 0.3) is 0 Å². The van der Waals surface area contributed by atoms with E-state index in [2.05, 4.69) is 4.98 Å². The number of imidazole rings is 1. The Morgan fingerprint density at radius 2 is 1.79 bits per heavy atom. The summed E-state index contributed by atoms with van der Waals surface area (Å²) in [5, 5.41) is 0.895. The van der Waals surface area contributed by atoms with Gasteiger partial charge in [-0.15, -0.1) is 0 Å². The van der Waals surface area contributed by atoms with E-state index < -0.39 is 0 Å². The number of methoxy groups -OCH3 is 1. The number of hydrogen-bond acceptors (Lipinski definition) is 6. The lowest BCUT2D eigenvalue weighted by atomic mass is 10.1. The minimum Gasteiger partial charge on any atom is -0.497 e. The van der Waals surface area contributed by atoms with Crippen LogP contribution < -0.4 is 4.74 Å². The summed E-state index contributed by atoms with van der Waals surface area (Å²) in [4.78, 5) is 33.3. The van der Waals surface area contributed by atoms with Crippen molar-refractivity contribution in [3.05, 3.63) is 65.9 Å². The van der Waals surface area contributed by atoms with Crippen LogP contribution in [0, 0.1) is 0 Å². The van der Waals surface area contributed by atoms with E-state index in [1.807, 2.05) is 53.0 Å². The third-order valence-corrected chi connectivity index (χ3v) is 6.78. The number of piperazine rings is 1. The van der Waals surface area contributed by atoms with Gasteiger partial charge in [-0.05, 0) is 36.2 Å². The van der Waals surface area contributed by atoms with Crippen LogP contribution in [0.15, 0.2) is 58.4 Å². The second kappa shape index (κ2) is 10.6. The maximum Gasteiger partial charge on any atom is 0.289 e. The van der Waals surface area contributed by atoms with E-state index in [-0.39, 0.29) is 11.8 Å². The van der Waals surface area contributed by atoms with Crippen molar-refractivity contribution in [2.45, 2.75) is 23.8 Å². The van der Waals surface area contributed by atoms with Crippen molar-refractivity contribution < 1.29 is 18.7 Å². The van der Waals surface area contributed by atoms with E-state index in [0.717, 1.165) is 22.2 Å². The third-order valence-electron chi connectivity index (χ3n) is 5.70. The zero-order valence-electron chi connectivity index (χ0n) is 18.9. The van der Waals surface area contributed by atoms with Crippen molar-refractivity contribution in [3.8, 4) is 5.75 Å². The third kappa shape index (κ3) is 5.78. The van der Waals surface area contributed by atoms with Gasteiger partial charge in [0.15, 0.2) is 10.9 Å². The first kappa shape index (κ1) is 23.0. The van der Waals surface area contributed by atoms with Gasteiger partial charge in [0.2, 0.25) is 5.91 Å². The summed E-state index contributed by atoms with van der Waals surface area (Å²) in [6.45, 7) is 2.09. The summed E-state index contributed by atoms with van der Waals surface area (Å²) in [5.41, 5.74) is 1.10. The van der Waals surface area contributed by atoms with E-state index in [4.69, 9.17) is 9.15 Å². The molecule has 4 rings (SSSR count). The quantitative estimate of drug-likeness (QED) is 0.472. The summed E-state index contributed by atoms with van der Waals surface area (Å²) in [6, 6.07) is 11.3. The van der Waals surface area contributed by atoms with E-state index in [1.165, 1.54) is 0 Å². The van der Waals surface area contributed by atoms with Crippen molar-refractivity contribution >= 4 is 23.6 Å². The molecule has 0 spiro atoms. The van der Waals surface area contributed by atoms with E-state index in [9.17, 15) is 9.59 Å². The highest BCUT2D eigenvalue weighted by Gasteiger charge is 2.26. The van der Waals surface area contributed by atoms with E-state index in [1.54, 1.807) is 36.0 Å². The monoisotopic (exact) mass is 468 g/mol. The predicted molar refractivity (Wildman–Crippen MR) is 125 cm³/mol. The number of furan rings is 1. The Hall–Kier alpha value is -3.20. The Morgan fingerprint density at radius 3 is 2.45 bits per heavy atom. The molecule has 0 N–H and O–H groups in total. The van der Waals surface area contributed by atoms with Crippen molar-refractivity contribution in [3.63, 3.8) is 0 Å². The van der Waals surface area contributed by atoms with Gasteiger partial charge in [0, 0.05) is 52.0 Å². The standard InChI is InChI=1S/C24H28N4O4S/c1-26-12-11-25-24(26)33-17-20-8-9-21(32-20)23(30)28-15-13-27(14-16-28)22(29)10-5-18-3-6-19(31-2)7-4-18/h3-4,6-9,11-12H,5,10,13-17H2,1-2H3. The van der Waals surface area contributed by atoms with Crippen LogP contribution in [0.4, 0.5) is 0 Å². The molecule has 2 amide bonds. The molecule has 3 aromatic rings. The van der Waals surface area contributed by atoms with E-state index >= 15 is 0 Å². The number of hydrogen-bond donors (Lipinski definition) is 0. The SMILES string of the molecule is COc1ccc(CCC(=O)N2CCN(C(=O)c3ccc(CSc4nccn4C)o3)CC2)cc1. The molecule has 8 nitrogen and oxygen atoms in total. The van der Waals surface area contributed by atoms with Gasteiger partial charge >= 0.3 is 0 Å². The fourth-order valence-corrected chi connectivity index (χ4v) is 4.54. The average molecular weight is 469 g/mol. The van der Waals surface area contributed by atoms with Crippen molar-refractivity contribution in [2.24, 2.45) is 7.05 Å². The highest BCUT2D eigenvalue weighted by molar-refractivity contribution is 7.98. The van der Waals surface area contributed by atoms with Crippen molar-refractivity contribution in [1.82, 2.24) is 19.4 Å². The van der Waals surface area contributed by atoms with Gasteiger partial charge in [-0.1, -0.05) is 23.9 Å². The first-order valence-electron chi connectivity index (χ1n) is 10.9. The maximum absolute atomic E-state index is 12.8. The van der Waals surface area contributed by atoms with Crippen LogP contribution in [-0.4, -0.2) is 64.5 Å². The largest absolute Gasteiger partial charge is 0.497 e. The molecule has 1 saturated heterocycles. The molecule has 0 aliphatic carbocycles. The van der Waals surface area contributed by atoms with Gasteiger partial charge in [-0.25, -0.2) is 4.98 Å². The van der Waals surface area contributed by atoms with Gasteiger partial charge in [-0.3, -0.25) is 9.59 Å². The lowest BCUT2D eigenvalue weighted by Crippen LogP contribution is -2.50. The maximum atomic E-state index is 12.8. The summed E-state index contributed by atoms with van der Waals surface area (Å²) in [7, 11) is 3.58. The molecule has 1 aliphatic heterocycles. The fourth-order valence-electron chi connectivity index (χ4n) is 3.71. The van der Waals surface area contributed by atoms with E-state index in [0.29, 0.717) is 50.5 Å². The van der Waals surface area contributed by atoms with Crippen LogP contribution in [0.1, 0.15) is 28.3 Å². The minimum atomic E-state index is -0.131. The summed E-state index contributed by atoms with van der Waals surface area (Å²) in [6.07, 6.45) is 4.79. The van der Waals surface area contributed by atoms with Crippen LogP contribution in [0.2, 0.25) is 0 Å². The molecular weight excluding hydrogens is 440 g/mol. The molecule has 0 unspecified atom stereocenters. The molecular formula is C24H28N4O4S. The lowest BCUT2D eigenvalue weighted by molar-refractivity contribution is -0.132. The summed E-state index contributed by atoms with van der Waals surface area (Å²) >= 11 is 1.56. The Kier molecular flexibility index (Phi) is 7.39. The van der Waals surface area contributed by atoms with Crippen molar-refractivity contribution in [1.29, 1.82) is 0 Å². The smallest absolute Gasteiger partial charge is 0.289 e. The average Bonchev–Trinajstić information content (AvgIpc) is 3.50. The first-order valence-corrected chi connectivity index (χ1v) is 11.9. The molecule has 0 bridgehead atoms. The van der Waals surface area contributed by atoms with Crippen LogP contribution in [0.5, 0.6) is 5.75 Å². The molecule has 3 heterocycles. The number of amides is 2. The first-order chi connectivity index (χ1) is 16.0. The molecule has 0 atom stereocenters. The Labute approximate surface area is 197 Å². The van der Waals surface area contributed by atoms with Gasteiger partial charge in [0.1, 0.15) is 11.5 Å². The Balaban J connectivity index is 1.22. The van der Waals surface area contributed by atoms with Crippen LogP contribution in [-0.2, 0) is 24.0 Å². The lowest BCUT2D eigenvalue weighted by Gasteiger charge is -2.34. The number of benzene rings is 1. The molecule has 1 fully saturated rings. The number of rotatable bonds is 8. The molecule has 1 aromatic carbocycles. The summed E-state index contributed by atoms with van der Waals surface area (Å²) in [5.74, 6) is 2.47. The fraction of sp³-hybridized carbons (Fsp3) is 0.375.